The zero-order chi connectivity index (χ0) is 43.6. The molecule has 0 unspecified atom stereocenters. The van der Waals surface area contributed by atoms with Gasteiger partial charge in [0.15, 0.2) is 0 Å². The third kappa shape index (κ3) is 9.13. The molecule has 1 saturated carbocycles. The summed E-state index contributed by atoms with van der Waals surface area (Å²) in [5, 5.41) is 8.06. The number of aromatic nitrogens is 3. The molecule has 0 radical (unpaired) electrons. The van der Waals surface area contributed by atoms with Crippen molar-refractivity contribution in [1.82, 2.24) is 30.3 Å². The first-order valence-electron chi connectivity index (χ1n) is 21.4. The number of allylic oxidation sites excluding steroid dienone is 2. The van der Waals surface area contributed by atoms with Gasteiger partial charge in [0.2, 0.25) is 5.91 Å². The first kappa shape index (κ1) is 44.0. The lowest BCUT2D eigenvalue weighted by molar-refractivity contribution is -0.156. The Morgan fingerprint density at radius 3 is 2.67 bits per heavy atom. The molecule has 1 aromatic carbocycles. The number of amides is 2. The monoisotopic (exact) mass is 849 g/mol. The van der Waals surface area contributed by atoms with Crippen LogP contribution in [0.2, 0.25) is 0 Å². The number of esters is 1. The van der Waals surface area contributed by atoms with E-state index in [0.29, 0.717) is 43.1 Å². The van der Waals surface area contributed by atoms with Crippen LogP contribution in [-0.4, -0.2) is 88.6 Å². The number of pyridine rings is 1. The maximum atomic E-state index is 14.6. The number of rotatable bonds is 11. The summed E-state index contributed by atoms with van der Waals surface area (Å²) in [5.41, 5.74) is 9.53. The number of methoxy groups -OCH3 is 1. The number of hydrogen-bond acceptors (Lipinski definition) is 11. The Morgan fingerprint density at radius 2 is 2.00 bits per heavy atom. The van der Waals surface area contributed by atoms with Gasteiger partial charge < -0.3 is 24.1 Å². The van der Waals surface area contributed by atoms with E-state index >= 15 is 0 Å². The van der Waals surface area contributed by atoms with E-state index in [4.69, 9.17) is 29.2 Å². The Kier molecular flexibility index (Phi) is 13.4. The van der Waals surface area contributed by atoms with Crippen LogP contribution in [-0.2, 0) is 41.6 Å². The molecule has 324 valence electrons. The number of hydrogen-bond donors (Lipinski definition) is 2. The van der Waals surface area contributed by atoms with Crippen molar-refractivity contribution in [3.63, 3.8) is 0 Å². The van der Waals surface area contributed by atoms with Gasteiger partial charge in [0.05, 0.1) is 42.0 Å². The summed E-state index contributed by atoms with van der Waals surface area (Å²) in [7, 11) is 1.67. The molecule has 0 spiro atoms. The summed E-state index contributed by atoms with van der Waals surface area (Å²) >= 11 is 1.39. The maximum Gasteiger partial charge on any atom is 0.324 e. The predicted octanol–water partition coefficient (Wildman–Crippen LogP) is 7.32. The van der Waals surface area contributed by atoms with Gasteiger partial charge in [-0.15, -0.1) is 11.3 Å². The number of benzene rings is 1. The number of nitrogens with zero attached hydrogens (tertiary/aromatic N) is 5. The Morgan fingerprint density at radius 1 is 1.21 bits per heavy atom. The predicted molar refractivity (Wildman–Crippen MR) is 239 cm³/mol. The Balaban J connectivity index is 1.45. The number of nitrogens with one attached hydrogen (secondary N) is 2. The molecule has 2 amide bonds. The zero-order valence-electron chi connectivity index (χ0n) is 36.6. The Hall–Kier alpha value is -5.02. The largest absolute Gasteiger partial charge is 0.464 e. The van der Waals surface area contributed by atoms with Gasteiger partial charge in [0.1, 0.15) is 23.2 Å². The molecule has 2 aliphatic heterocycles. The molecular weight excluding hydrogens is 791 g/mol. The molecule has 3 aromatic heterocycles. The summed E-state index contributed by atoms with van der Waals surface area (Å²) in [5.74, 6) is -0.827. The lowest BCUT2D eigenvalue weighted by atomic mass is 9.84. The smallest absolute Gasteiger partial charge is 0.324 e. The van der Waals surface area contributed by atoms with E-state index in [0.717, 1.165) is 44.7 Å². The number of thiazole rings is 1. The second-order valence-corrected chi connectivity index (χ2v) is 18.1. The minimum atomic E-state index is -1.10. The molecule has 3 aliphatic rings. The van der Waals surface area contributed by atoms with Crippen LogP contribution >= 0.6 is 11.3 Å². The van der Waals surface area contributed by atoms with Crippen molar-refractivity contribution in [2.45, 2.75) is 98.6 Å². The van der Waals surface area contributed by atoms with Crippen molar-refractivity contribution >= 4 is 51.8 Å². The number of carbonyl (C=O) groups excluding carboxylic acids is 3. The number of carbonyl (C=O) groups is 3. The van der Waals surface area contributed by atoms with Gasteiger partial charge in [-0.05, 0) is 81.7 Å². The maximum absolute atomic E-state index is 14.6. The van der Waals surface area contributed by atoms with E-state index < -0.39 is 35.5 Å². The quantitative estimate of drug-likeness (QED) is 0.0900. The van der Waals surface area contributed by atoms with E-state index in [1.54, 1.807) is 19.5 Å². The normalized spacial score (nSPS) is 25.1. The molecule has 1 saturated heterocycles. The van der Waals surface area contributed by atoms with Crippen molar-refractivity contribution in [2.24, 2.45) is 28.2 Å². The first-order valence-corrected chi connectivity index (χ1v) is 22.2. The highest BCUT2D eigenvalue weighted by atomic mass is 32.1. The Labute approximate surface area is 362 Å². The molecule has 2 N–H and O–H groups in total. The molecule has 13 nitrogen and oxygen atoms in total. The number of fused-ring (bicyclic) bond motifs is 6. The van der Waals surface area contributed by atoms with Crippen molar-refractivity contribution in [3.05, 3.63) is 88.3 Å². The standard InChI is InChI=1S/C47H59N7O6S/c1-10-32(39(48-11-2)29(6)58-9)41-34-23-47(7,8)26-60-46(57)35-17-15-21-54(52-35)45(56)40(51-43(55)38-27(4)28(38)5)42(59-12-3)44-50-36(25-61-44)30-18-19-37(33(34)22-30)53(41)24-31-16-13-14-20-49-31/h10-11,13-14,16,18-20,22,25,27-29,35,38,40,42,52H,1,12,15,17,21,23-24,26H2,2-9H3,(H,51,55)/b39-32+,48-11-/t27-,28+,29-,35-,38+,40-,42-/m0/s1. The van der Waals surface area contributed by atoms with Crippen molar-refractivity contribution in [2.75, 3.05) is 26.9 Å². The SMILES string of the molecule is C=C/C(=C(\N=C/C)[C@H](C)OC)c1c2c3cc(ccc3n1Cc1ccccn1)-c1csc(n1)[C@@H](OCC)[C@H](NC(=O)[C@H]1[C@H](C)[C@@H]1C)C(=O)N1CCC[C@H](N1)C(=O)OCC(C)(C)C2. The van der Waals surface area contributed by atoms with E-state index in [1.165, 1.54) is 16.3 Å². The van der Waals surface area contributed by atoms with Gasteiger partial charge in [0, 0.05) is 71.4 Å². The summed E-state index contributed by atoms with van der Waals surface area (Å²) in [6.07, 6.45) is 5.74. The second kappa shape index (κ2) is 18.5. The minimum absolute atomic E-state index is 0.115. The fourth-order valence-electron chi connectivity index (χ4n) is 8.73. The molecule has 7 rings (SSSR count). The van der Waals surface area contributed by atoms with Crippen molar-refractivity contribution in [1.29, 1.82) is 0 Å². The summed E-state index contributed by atoms with van der Waals surface area (Å²) in [6, 6.07) is 10.4. The van der Waals surface area contributed by atoms with Crippen molar-refractivity contribution < 1.29 is 28.6 Å². The van der Waals surface area contributed by atoms with Gasteiger partial charge in [-0.25, -0.2) is 10.4 Å². The number of ether oxygens (including phenoxy) is 3. The Bertz CT molecular complexity index is 2320. The van der Waals surface area contributed by atoms with Gasteiger partial charge in [0.25, 0.3) is 5.91 Å². The highest BCUT2D eigenvalue weighted by Crippen LogP contribution is 2.46. The van der Waals surface area contributed by atoms with Crippen LogP contribution in [0, 0.1) is 23.2 Å². The first-order chi connectivity index (χ1) is 29.3. The van der Waals surface area contributed by atoms with Crippen LogP contribution in [0.4, 0.5) is 0 Å². The highest BCUT2D eigenvalue weighted by molar-refractivity contribution is 7.10. The van der Waals surface area contributed by atoms with Gasteiger partial charge in [-0.1, -0.05) is 52.5 Å². The van der Waals surface area contributed by atoms with Crippen LogP contribution < -0.4 is 10.7 Å². The van der Waals surface area contributed by atoms with Crippen LogP contribution in [0.1, 0.15) is 89.4 Å². The van der Waals surface area contributed by atoms with E-state index in [1.807, 2.05) is 64.3 Å². The topological polar surface area (TPSA) is 149 Å². The number of cyclic esters (lactones) is 1. The molecule has 1 aliphatic carbocycles. The second-order valence-electron chi connectivity index (χ2n) is 17.2. The van der Waals surface area contributed by atoms with Crippen LogP contribution in [0.15, 0.2) is 71.3 Å². The molecular formula is C47H59N7O6S. The van der Waals surface area contributed by atoms with E-state index in [9.17, 15) is 14.4 Å². The number of aliphatic imine (C=N–C) groups is 1. The number of hydrazine groups is 1. The third-order valence-corrected chi connectivity index (χ3v) is 13.3. The summed E-state index contributed by atoms with van der Waals surface area (Å²) in [6.45, 7) is 19.5. The van der Waals surface area contributed by atoms with Crippen LogP contribution in [0.25, 0.3) is 27.7 Å². The lowest BCUT2D eigenvalue weighted by Gasteiger charge is -2.37. The highest BCUT2D eigenvalue weighted by Gasteiger charge is 2.50. The molecule has 4 aromatic rings. The third-order valence-electron chi connectivity index (χ3n) is 12.4. The van der Waals surface area contributed by atoms with Gasteiger partial charge >= 0.3 is 5.97 Å². The summed E-state index contributed by atoms with van der Waals surface area (Å²) < 4.78 is 20.6. The minimum Gasteiger partial charge on any atom is -0.464 e. The molecule has 2 fully saturated rings. The van der Waals surface area contributed by atoms with Crippen LogP contribution in [0.3, 0.4) is 0 Å². The molecule has 6 bridgehead atoms. The van der Waals surface area contributed by atoms with Gasteiger partial charge in [-0.2, -0.15) is 0 Å². The average Bonchev–Trinajstić information content (AvgIpc) is 3.52. The van der Waals surface area contributed by atoms with Gasteiger partial charge in [-0.3, -0.25) is 29.4 Å². The average molecular weight is 850 g/mol. The summed E-state index contributed by atoms with van der Waals surface area (Å²) in [4.78, 5) is 57.0. The molecule has 5 heterocycles. The fourth-order valence-corrected chi connectivity index (χ4v) is 9.64. The van der Waals surface area contributed by atoms with Crippen molar-refractivity contribution in [3.8, 4) is 11.3 Å². The lowest BCUT2D eigenvalue weighted by Crippen LogP contribution is -2.61. The molecule has 7 atom stereocenters. The van der Waals surface area contributed by atoms with Crippen LogP contribution in [0.5, 0.6) is 0 Å². The molecule has 14 heteroatoms. The molecule has 61 heavy (non-hydrogen) atoms. The van der Waals surface area contributed by atoms with E-state index in [-0.39, 0.29) is 43.0 Å². The fraction of sp³-hybridized carbons (Fsp3) is 0.489. The van der Waals surface area contributed by atoms with E-state index in [2.05, 4.69) is 53.9 Å². The zero-order valence-corrected chi connectivity index (χ0v) is 37.4.